The molecular weight excluding hydrogens is 284 g/mol. The van der Waals surface area contributed by atoms with Crippen molar-refractivity contribution in [1.82, 2.24) is 0 Å². The lowest BCUT2D eigenvalue weighted by Crippen LogP contribution is -2.37. The summed E-state index contributed by atoms with van der Waals surface area (Å²) < 4.78 is 16.1. The number of carbonyl (C=O) groups is 1. The van der Waals surface area contributed by atoms with E-state index in [0.29, 0.717) is 32.5 Å². The van der Waals surface area contributed by atoms with Crippen LogP contribution < -0.4 is 0 Å². The molecule has 0 saturated carbocycles. The van der Waals surface area contributed by atoms with E-state index in [1.165, 1.54) is 7.11 Å². The number of esters is 1. The Kier molecular flexibility index (Phi) is 6.83. The Hall–Kier alpha value is -1.43. The molecule has 5 nitrogen and oxygen atoms in total. The van der Waals surface area contributed by atoms with Gasteiger partial charge in [0.15, 0.2) is 0 Å². The third-order valence-electron chi connectivity index (χ3n) is 3.77. The maximum Gasteiger partial charge on any atom is 0.308 e. The van der Waals surface area contributed by atoms with Gasteiger partial charge in [-0.2, -0.15) is 0 Å². The molecular formula is C17H24O5. The Morgan fingerprint density at radius 3 is 2.73 bits per heavy atom. The normalized spacial score (nSPS) is 24.9. The summed E-state index contributed by atoms with van der Waals surface area (Å²) in [7, 11) is 1.36. The van der Waals surface area contributed by atoms with Gasteiger partial charge in [0, 0.05) is 13.0 Å². The average Bonchev–Trinajstić information content (AvgIpc) is 2.52. The second-order valence-corrected chi connectivity index (χ2v) is 5.61. The van der Waals surface area contributed by atoms with E-state index >= 15 is 0 Å². The number of ether oxygens (including phenoxy) is 3. The zero-order valence-corrected chi connectivity index (χ0v) is 12.9. The molecule has 1 N–H and O–H groups in total. The molecule has 1 aliphatic rings. The minimum Gasteiger partial charge on any atom is -0.469 e. The van der Waals surface area contributed by atoms with Gasteiger partial charge >= 0.3 is 5.97 Å². The molecule has 0 radical (unpaired) electrons. The van der Waals surface area contributed by atoms with Gasteiger partial charge < -0.3 is 19.3 Å². The molecule has 22 heavy (non-hydrogen) atoms. The highest BCUT2D eigenvalue weighted by atomic mass is 16.5. The quantitative estimate of drug-likeness (QED) is 0.617. The highest BCUT2D eigenvalue weighted by molar-refractivity contribution is 5.69. The van der Waals surface area contributed by atoms with Crippen LogP contribution in [0.1, 0.15) is 31.2 Å². The third-order valence-corrected chi connectivity index (χ3v) is 3.77. The topological polar surface area (TPSA) is 65.0 Å². The highest BCUT2D eigenvalue weighted by Gasteiger charge is 2.29. The molecule has 5 heteroatoms. The number of carbonyl (C=O) groups excluding carboxylic acids is 1. The van der Waals surface area contributed by atoms with E-state index in [9.17, 15) is 9.90 Å². The van der Waals surface area contributed by atoms with Crippen molar-refractivity contribution in [2.75, 3.05) is 13.7 Å². The van der Waals surface area contributed by atoms with Crippen molar-refractivity contribution < 1.29 is 24.1 Å². The highest BCUT2D eigenvalue weighted by Crippen LogP contribution is 2.24. The van der Waals surface area contributed by atoms with Crippen molar-refractivity contribution in [3.8, 4) is 0 Å². The molecule has 1 fully saturated rings. The summed E-state index contributed by atoms with van der Waals surface area (Å²) in [5, 5.41) is 9.90. The molecule has 1 heterocycles. The largest absolute Gasteiger partial charge is 0.469 e. The molecule has 0 aliphatic carbocycles. The number of hydrogen-bond acceptors (Lipinski definition) is 5. The summed E-state index contributed by atoms with van der Waals surface area (Å²) in [6.07, 6.45) is 1.20. The number of rotatable bonds is 7. The maximum absolute atomic E-state index is 11.3. The summed E-state index contributed by atoms with van der Waals surface area (Å²) in [5.41, 5.74) is 1.13. The standard InChI is InChI=1S/C17H24O5/c1-20-17(19)11-16-10-14(18)9-15(22-16)7-8-21-12-13-5-3-2-4-6-13/h2-6,14-16,18H,7-12H2,1H3/t14-,15-,16-/m1/s1. The van der Waals surface area contributed by atoms with Gasteiger partial charge in [0.1, 0.15) is 0 Å². The Labute approximate surface area is 131 Å². The fraction of sp³-hybridized carbons (Fsp3) is 0.588. The van der Waals surface area contributed by atoms with Gasteiger partial charge in [0.2, 0.25) is 0 Å². The Morgan fingerprint density at radius 2 is 2.00 bits per heavy atom. The fourth-order valence-electron chi connectivity index (χ4n) is 2.65. The zero-order valence-electron chi connectivity index (χ0n) is 12.9. The first-order valence-corrected chi connectivity index (χ1v) is 7.69. The van der Waals surface area contributed by atoms with Crippen LogP contribution in [0.15, 0.2) is 30.3 Å². The van der Waals surface area contributed by atoms with Gasteiger partial charge in [-0.3, -0.25) is 4.79 Å². The smallest absolute Gasteiger partial charge is 0.308 e. The van der Waals surface area contributed by atoms with Crippen LogP contribution in [0.25, 0.3) is 0 Å². The van der Waals surface area contributed by atoms with Crippen LogP contribution in [0.3, 0.4) is 0 Å². The van der Waals surface area contributed by atoms with Crippen LogP contribution in [-0.2, 0) is 25.6 Å². The van der Waals surface area contributed by atoms with Gasteiger partial charge in [0.25, 0.3) is 0 Å². The predicted octanol–water partition coefficient (Wildman–Crippen LogP) is 2.06. The van der Waals surface area contributed by atoms with Crippen molar-refractivity contribution in [2.24, 2.45) is 0 Å². The van der Waals surface area contributed by atoms with Gasteiger partial charge in [-0.1, -0.05) is 30.3 Å². The Morgan fingerprint density at radius 1 is 1.27 bits per heavy atom. The van der Waals surface area contributed by atoms with Gasteiger partial charge in [0.05, 0.1) is 38.4 Å². The van der Waals surface area contributed by atoms with Crippen molar-refractivity contribution in [3.05, 3.63) is 35.9 Å². The molecule has 122 valence electrons. The van der Waals surface area contributed by atoms with E-state index in [2.05, 4.69) is 4.74 Å². The summed E-state index contributed by atoms with van der Waals surface area (Å²) in [6, 6.07) is 9.98. The van der Waals surface area contributed by atoms with Crippen molar-refractivity contribution >= 4 is 5.97 Å². The van der Waals surface area contributed by atoms with Crippen molar-refractivity contribution in [3.63, 3.8) is 0 Å². The van der Waals surface area contributed by atoms with Crippen LogP contribution >= 0.6 is 0 Å². The van der Waals surface area contributed by atoms with Gasteiger partial charge in [-0.05, 0) is 18.4 Å². The van der Waals surface area contributed by atoms with E-state index in [1.54, 1.807) is 0 Å². The SMILES string of the molecule is COC(=O)C[C@H]1C[C@H](O)C[C@@H](CCOCc2ccccc2)O1. The minimum absolute atomic E-state index is 0.0748. The van der Waals surface area contributed by atoms with Crippen LogP contribution in [0.2, 0.25) is 0 Å². The van der Waals surface area contributed by atoms with Crippen LogP contribution in [0.4, 0.5) is 0 Å². The molecule has 0 aromatic heterocycles. The molecule has 0 amide bonds. The van der Waals surface area contributed by atoms with E-state index in [-0.39, 0.29) is 24.6 Å². The lowest BCUT2D eigenvalue weighted by Gasteiger charge is -2.32. The first-order valence-electron chi connectivity index (χ1n) is 7.69. The van der Waals surface area contributed by atoms with Crippen LogP contribution in [-0.4, -0.2) is 43.1 Å². The summed E-state index contributed by atoms with van der Waals surface area (Å²) >= 11 is 0. The molecule has 0 spiro atoms. The fourth-order valence-corrected chi connectivity index (χ4v) is 2.65. The van der Waals surface area contributed by atoms with E-state index in [1.807, 2.05) is 30.3 Å². The first kappa shape index (κ1) is 16.9. The summed E-state index contributed by atoms with van der Waals surface area (Å²) in [6.45, 7) is 1.14. The summed E-state index contributed by atoms with van der Waals surface area (Å²) in [4.78, 5) is 11.3. The molecule has 1 aromatic rings. The molecule has 0 unspecified atom stereocenters. The maximum atomic E-state index is 11.3. The average molecular weight is 308 g/mol. The number of methoxy groups -OCH3 is 1. The molecule has 0 bridgehead atoms. The molecule has 1 saturated heterocycles. The van der Waals surface area contributed by atoms with Gasteiger partial charge in [-0.15, -0.1) is 0 Å². The van der Waals surface area contributed by atoms with E-state index < -0.39 is 6.10 Å². The second kappa shape index (κ2) is 8.88. The van der Waals surface area contributed by atoms with Crippen molar-refractivity contribution in [2.45, 2.75) is 50.6 Å². The number of aliphatic hydroxyl groups excluding tert-OH is 1. The van der Waals surface area contributed by atoms with Crippen LogP contribution in [0.5, 0.6) is 0 Å². The first-order chi connectivity index (χ1) is 10.7. The number of aliphatic hydroxyl groups is 1. The second-order valence-electron chi connectivity index (χ2n) is 5.61. The third kappa shape index (κ3) is 5.75. The monoisotopic (exact) mass is 308 g/mol. The molecule has 2 rings (SSSR count). The minimum atomic E-state index is -0.428. The molecule has 1 aliphatic heterocycles. The predicted molar refractivity (Wildman–Crippen MR) is 81.2 cm³/mol. The lowest BCUT2D eigenvalue weighted by atomic mass is 9.97. The van der Waals surface area contributed by atoms with E-state index in [4.69, 9.17) is 9.47 Å². The summed E-state index contributed by atoms with van der Waals surface area (Å²) in [5.74, 6) is -0.307. The zero-order chi connectivity index (χ0) is 15.8. The van der Waals surface area contributed by atoms with Gasteiger partial charge in [-0.25, -0.2) is 0 Å². The van der Waals surface area contributed by atoms with Crippen molar-refractivity contribution in [1.29, 1.82) is 0 Å². The number of benzene rings is 1. The number of hydrogen-bond donors (Lipinski definition) is 1. The Bertz CT molecular complexity index is 448. The Balaban J connectivity index is 1.69. The van der Waals surface area contributed by atoms with Crippen LogP contribution in [0, 0.1) is 0 Å². The lowest BCUT2D eigenvalue weighted by molar-refractivity contribution is -0.151. The van der Waals surface area contributed by atoms with E-state index in [0.717, 1.165) is 5.56 Å². The molecule has 3 atom stereocenters. The molecule has 1 aromatic carbocycles.